The molecular weight excluding hydrogens is 188 g/mol. The van der Waals surface area contributed by atoms with Gasteiger partial charge >= 0.3 is 0 Å². The molecule has 0 saturated carbocycles. The Hall–Kier alpha value is -1.64. The molecule has 3 rings (SSSR count). The number of hydrogen-bond acceptors (Lipinski definition) is 2. The molecule has 0 fully saturated rings. The van der Waals surface area contributed by atoms with E-state index in [0.29, 0.717) is 5.92 Å². The summed E-state index contributed by atoms with van der Waals surface area (Å²) in [6.45, 7) is 2.24. The highest BCUT2D eigenvalue weighted by Crippen LogP contribution is 2.26. The molecule has 1 aliphatic rings. The summed E-state index contributed by atoms with van der Waals surface area (Å²) in [4.78, 5) is 15.8. The van der Waals surface area contributed by atoms with Gasteiger partial charge in [0.1, 0.15) is 5.65 Å². The molecule has 1 unspecified atom stereocenters. The fourth-order valence-electron chi connectivity index (χ4n) is 2.35. The van der Waals surface area contributed by atoms with Gasteiger partial charge in [-0.15, -0.1) is 0 Å². The van der Waals surface area contributed by atoms with Crippen LogP contribution in [0.15, 0.2) is 29.3 Å². The second-order valence-corrected chi connectivity index (χ2v) is 4.35. The van der Waals surface area contributed by atoms with Crippen LogP contribution in [0.1, 0.15) is 18.1 Å². The first-order valence-electron chi connectivity index (χ1n) is 5.23. The van der Waals surface area contributed by atoms with Crippen LogP contribution >= 0.6 is 0 Å². The Morgan fingerprint density at radius 2 is 2.20 bits per heavy atom. The van der Waals surface area contributed by atoms with E-state index in [9.17, 15) is 4.79 Å². The Kier molecular flexibility index (Phi) is 1.69. The second kappa shape index (κ2) is 2.92. The molecule has 1 aliphatic carbocycles. The summed E-state index contributed by atoms with van der Waals surface area (Å²) in [5, 5.41) is 0. The molecule has 3 nitrogen and oxygen atoms in total. The standard InChI is InChI=1S/C12H12N2O/c1-8-4-9-6-11-13-3-2-12(15)14(11)7-10(9)5-8/h2-3,6-8H,4-5H2,1H3. The van der Waals surface area contributed by atoms with Crippen molar-refractivity contribution in [3.05, 3.63) is 46.0 Å². The summed E-state index contributed by atoms with van der Waals surface area (Å²) in [5.74, 6) is 0.688. The van der Waals surface area contributed by atoms with Gasteiger partial charge in [-0.1, -0.05) is 6.92 Å². The number of rotatable bonds is 0. The second-order valence-electron chi connectivity index (χ2n) is 4.35. The molecule has 76 valence electrons. The minimum atomic E-state index is 0.00218. The van der Waals surface area contributed by atoms with E-state index in [1.165, 1.54) is 17.2 Å². The van der Waals surface area contributed by atoms with E-state index in [1.807, 2.05) is 12.3 Å². The van der Waals surface area contributed by atoms with Crippen LogP contribution in [0.4, 0.5) is 0 Å². The highest BCUT2D eigenvalue weighted by molar-refractivity contribution is 5.46. The Morgan fingerprint density at radius 1 is 1.40 bits per heavy atom. The molecule has 0 aliphatic heterocycles. The number of aromatic nitrogens is 2. The molecular formula is C12H12N2O. The Bertz CT molecular complexity index is 586. The lowest BCUT2D eigenvalue weighted by Crippen LogP contribution is -2.13. The molecule has 3 heteroatoms. The highest BCUT2D eigenvalue weighted by atomic mass is 16.1. The van der Waals surface area contributed by atoms with Crippen molar-refractivity contribution in [3.63, 3.8) is 0 Å². The van der Waals surface area contributed by atoms with Gasteiger partial charge in [-0.05, 0) is 36.0 Å². The van der Waals surface area contributed by atoms with Crippen molar-refractivity contribution < 1.29 is 0 Å². The van der Waals surface area contributed by atoms with Crippen LogP contribution in [-0.4, -0.2) is 9.38 Å². The van der Waals surface area contributed by atoms with Crippen molar-refractivity contribution in [2.24, 2.45) is 5.92 Å². The summed E-state index contributed by atoms with van der Waals surface area (Å²) in [7, 11) is 0. The molecule has 0 amide bonds. The van der Waals surface area contributed by atoms with Crippen molar-refractivity contribution in [1.82, 2.24) is 9.38 Å². The molecule has 2 aromatic heterocycles. The maximum Gasteiger partial charge on any atom is 0.257 e. The van der Waals surface area contributed by atoms with Crippen molar-refractivity contribution in [2.75, 3.05) is 0 Å². The van der Waals surface area contributed by atoms with E-state index < -0.39 is 0 Å². The van der Waals surface area contributed by atoms with Crippen LogP contribution in [0.3, 0.4) is 0 Å². The lowest BCUT2D eigenvalue weighted by Gasteiger charge is -2.03. The zero-order valence-electron chi connectivity index (χ0n) is 8.60. The zero-order valence-corrected chi connectivity index (χ0v) is 8.60. The van der Waals surface area contributed by atoms with E-state index in [2.05, 4.69) is 11.9 Å². The SMILES string of the molecule is CC1Cc2cc3nccc(=O)n3cc2C1. The molecule has 2 heterocycles. The Labute approximate surface area is 87.4 Å². The molecule has 2 aromatic rings. The lowest BCUT2D eigenvalue weighted by molar-refractivity contribution is 0.627. The van der Waals surface area contributed by atoms with Gasteiger partial charge in [-0.3, -0.25) is 9.20 Å². The predicted molar refractivity (Wildman–Crippen MR) is 58.0 cm³/mol. The third-order valence-electron chi connectivity index (χ3n) is 3.05. The largest absolute Gasteiger partial charge is 0.269 e. The van der Waals surface area contributed by atoms with E-state index in [1.54, 1.807) is 10.6 Å². The van der Waals surface area contributed by atoms with Crippen molar-refractivity contribution >= 4 is 5.65 Å². The van der Waals surface area contributed by atoms with E-state index in [0.717, 1.165) is 18.5 Å². The van der Waals surface area contributed by atoms with Crippen LogP contribution in [0.2, 0.25) is 0 Å². The minimum Gasteiger partial charge on any atom is -0.269 e. The molecule has 0 bridgehead atoms. The van der Waals surface area contributed by atoms with Crippen LogP contribution in [0.25, 0.3) is 5.65 Å². The van der Waals surface area contributed by atoms with Gasteiger partial charge < -0.3 is 0 Å². The first-order valence-corrected chi connectivity index (χ1v) is 5.23. The summed E-state index contributed by atoms with van der Waals surface area (Å²) >= 11 is 0. The normalized spacial score (nSPS) is 19.4. The fraction of sp³-hybridized carbons (Fsp3) is 0.333. The van der Waals surface area contributed by atoms with Gasteiger partial charge in [0.15, 0.2) is 0 Å². The fourth-order valence-corrected chi connectivity index (χ4v) is 2.35. The van der Waals surface area contributed by atoms with Crippen LogP contribution in [-0.2, 0) is 12.8 Å². The average Bonchev–Trinajstić information content (AvgIpc) is 2.55. The molecule has 0 saturated heterocycles. The van der Waals surface area contributed by atoms with Crippen LogP contribution in [0, 0.1) is 5.92 Å². The van der Waals surface area contributed by atoms with E-state index in [4.69, 9.17) is 0 Å². The Balaban J connectivity index is 2.35. The van der Waals surface area contributed by atoms with Crippen LogP contribution in [0.5, 0.6) is 0 Å². The van der Waals surface area contributed by atoms with Crippen molar-refractivity contribution in [1.29, 1.82) is 0 Å². The molecule has 0 radical (unpaired) electrons. The smallest absolute Gasteiger partial charge is 0.257 e. The summed E-state index contributed by atoms with van der Waals surface area (Å²) in [6.07, 6.45) is 5.70. The third-order valence-corrected chi connectivity index (χ3v) is 3.05. The van der Waals surface area contributed by atoms with Gasteiger partial charge in [0.25, 0.3) is 5.56 Å². The molecule has 15 heavy (non-hydrogen) atoms. The molecule has 0 N–H and O–H groups in total. The van der Waals surface area contributed by atoms with E-state index >= 15 is 0 Å². The minimum absolute atomic E-state index is 0.00218. The zero-order chi connectivity index (χ0) is 10.4. The van der Waals surface area contributed by atoms with Crippen molar-refractivity contribution in [3.8, 4) is 0 Å². The number of nitrogens with zero attached hydrogens (tertiary/aromatic N) is 2. The monoisotopic (exact) mass is 200 g/mol. The Morgan fingerprint density at radius 3 is 3.07 bits per heavy atom. The third kappa shape index (κ3) is 1.27. The topological polar surface area (TPSA) is 34.4 Å². The maximum atomic E-state index is 11.6. The number of hydrogen-bond donors (Lipinski definition) is 0. The lowest BCUT2D eigenvalue weighted by atomic mass is 10.1. The first-order chi connectivity index (χ1) is 7.24. The maximum absolute atomic E-state index is 11.6. The summed E-state index contributed by atoms with van der Waals surface area (Å²) in [6, 6.07) is 3.54. The quantitative estimate of drug-likeness (QED) is 0.644. The number of pyridine rings is 1. The van der Waals surface area contributed by atoms with Gasteiger partial charge in [-0.25, -0.2) is 4.98 Å². The summed E-state index contributed by atoms with van der Waals surface area (Å²) in [5.41, 5.74) is 3.41. The molecule has 0 aromatic carbocycles. The summed E-state index contributed by atoms with van der Waals surface area (Å²) < 4.78 is 1.64. The molecule has 1 atom stereocenters. The highest BCUT2D eigenvalue weighted by Gasteiger charge is 2.18. The van der Waals surface area contributed by atoms with E-state index in [-0.39, 0.29) is 5.56 Å². The predicted octanol–water partition coefficient (Wildman–Crippen LogP) is 1.43. The first kappa shape index (κ1) is 8.65. The van der Waals surface area contributed by atoms with Gasteiger partial charge in [-0.2, -0.15) is 0 Å². The number of fused-ring (bicyclic) bond motifs is 2. The van der Waals surface area contributed by atoms with Crippen molar-refractivity contribution in [2.45, 2.75) is 19.8 Å². The van der Waals surface area contributed by atoms with Gasteiger partial charge in [0.2, 0.25) is 0 Å². The average molecular weight is 200 g/mol. The van der Waals surface area contributed by atoms with Gasteiger partial charge in [0, 0.05) is 18.5 Å². The molecule has 0 spiro atoms. The van der Waals surface area contributed by atoms with Gasteiger partial charge in [0.05, 0.1) is 0 Å². The van der Waals surface area contributed by atoms with Crippen LogP contribution < -0.4 is 5.56 Å².